The number of likely N-dealkylation sites (tertiary alicyclic amines) is 1. The average molecular weight is 363 g/mol. The van der Waals surface area contributed by atoms with E-state index in [1.54, 1.807) is 4.90 Å². The van der Waals surface area contributed by atoms with E-state index in [1.165, 1.54) is 23.8 Å². The van der Waals surface area contributed by atoms with Crippen LogP contribution in [0.25, 0.3) is 0 Å². The summed E-state index contributed by atoms with van der Waals surface area (Å²) in [5, 5.41) is 0. The van der Waals surface area contributed by atoms with Crippen molar-refractivity contribution in [1.29, 1.82) is 0 Å². The van der Waals surface area contributed by atoms with Gasteiger partial charge in [-0.2, -0.15) is 0 Å². The van der Waals surface area contributed by atoms with Crippen LogP contribution in [-0.4, -0.2) is 30.3 Å². The van der Waals surface area contributed by atoms with Gasteiger partial charge in [0.1, 0.15) is 5.75 Å². The minimum atomic E-state index is -4.78. The summed E-state index contributed by atoms with van der Waals surface area (Å²) in [5.74, 6) is -0.407. The molecule has 3 rings (SSSR count). The van der Waals surface area contributed by atoms with Gasteiger partial charge in [-0.15, -0.1) is 13.2 Å². The fourth-order valence-electron chi connectivity index (χ4n) is 3.33. The third-order valence-electron chi connectivity index (χ3n) is 4.54. The van der Waals surface area contributed by atoms with Crippen molar-refractivity contribution < 1.29 is 22.7 Å². The van der Waals surface area contributed by atoms with Crippen molar-refractivity contribution in [2.75, 3.05) is 13.1 Å². The molecule has 0 spiro atoms. The summed E-state index contributed by atoms with van der Waals surface area (Å²) in [6, 6.07) is 15.3. The molecular formula is C20H20F3NO2. The van der Waals surface area contributed by atoms with Crippen LogP contribution in [0.1, 0.15) is 41.1 Å². The van der Waals surface area contributed by atoms with Crippen LogP contribution in [0.2, 0.25) is 0 Å². The number of amides is 1. The molecule has 3 nitrogen and oxygen atoms in total. The van der Waals surface area contributed by atoms with E-state index in [-0.39, 0.29) is 23.1 Å². The molecule has 0 aromatic heterocycles. The monoisotopic (exact) mass is 363 g/mol. The Morgan fingerprint density at radius 2 is 1.81 bits per heavy atom. The van der Waals surface area contributed by atoms with E-state index in [2.05, 4.69) is 16.9 Å². The van der Waals surface area contributed by atoms with Gasteiger partial charge < -0.3 is 9.64 Å². The van der Waals surface area contributed by atoms with Crippen LogP contribution in [0.3, 0.4) is 0 Å². The Bertz CT molecular complexity index is 746. The Morgan fingerprint density at radius 1 is 1.04 bits per heavy atom. The second-order valence-electron chi connectivity index (χ2n) is 6.43. The third-order valence-corrected chi connectivity index (χ3v) is 4.54. The highest BCUT2D eigenvalue weighted by Crippen LogP contribution is 2.28. The van der Waals surface area contributed by atoms with Gasteiger partial charge in [0.15, 0.2) is 0 Å². The fraction of sp³-hybridized carbons (Fsp3) is 0.350. The van der Waals surface area contributed by atoms with Crippen molar-refractivity contribution in [3.05, 3.63) is 65.7 Å². The first-order valence-corrected chi connectivity index (χ1v) is 8.62. The van der Waals surface area contributed by atoms with Gasteiger partial charge in [0.25, 0.3) is 5.91 Å². The molecule has 0 N–H and O–H groups in total. The minimum Gasteiger partial charge on any atom is -0.406 e. The summed E-state index contributed by atoms with van der Waals surface area (Å²) < 4.78 is 41.1. The Kier molecular flexibility index (Phi) is 5.49. The average Bonchev–Trinajstić information content (AvgIpc) is 2.87. The van der Waals surface area contributed by atoms with Gasteiger partial charge in [0.05, 0.1) is 0 Å². The number of hydrogen-bond donors (Lipinski definition) is 0. The minimum absolute atomic E-state index is 0.209. The largest absolute Gasteiger partial charge is 0.573 e. The number of rotatable bonds is 3. The zero-order valence-electron chi connectivity index (χ0n) is 14.2. The second kappa shape index (κ2) is 7.81. The Labute approximate surface area is 150 Å². The van der Waals surface area contributed by atoms with Gasteiger partial charge in [-0.1, -0.05) is 42.8 Å². The molecule has 1 aliphatic rings. The van der Waals surface area contributed by atoms with E-state index >= 15 is 0 Å². The lowest BCUT2D eigenvalue weighted by Gasteiger charge is -2.25. The molecule has 1 heterocycles. The van der Waals surface area contributed by atoms with E-state index in [0.717, 1.165) is 25.3 Å². The lowest BCUT2D eigenvalue weighted by Crippen LogP contribution is -2.34. The summed E-state index contributed by atoms with van der Waals surface area (Å²) in [6.07, 6.45) is -1.89. The first-order chi connectivity index (χ1) is 12.4. The molecule has 1 atom stereocenters. The van der Waals surface area contributed by atoms with Crippen molar-refractivity contribution in [3.63, 3.8) is 0 Å². The summed E-state index contributed by atoms with van der Waals surface area (Å²) >= 11 is 0. The van der Waals surface area contributed by atoms with E-state index in [9.17, 15) is 18.0 Å². The zero-order chi connectivity index (χ0) is 18.6. The molecule has 0 aliphatic carbocycles. The number of carbonyl (C=O) groups is 1. The van der Waals surface area contributed by atoms with E-state index < -0.39 is 6.36 Å². The number of alkyl halides is 3. The number of carbonyl (C=O) groups excluding carboxylic acids is 1. The lowest BCUT2D eigenvalue weighted by molar-refractivity contribution is -0.274. The smallest absolute Gasteiger partial charge is 0.406 e. The second-order valence-corrected chi connectivity index (χ2v) is 6.43. The molecule has 1 saturated heterocycles. The van der Waals surface area contributed by atoms with Gasteiger partial charge in [-0.25, -0.2) is 0 Å². The summed E-state index contributed by atoms with van der Waals surface area (Å²) in [4.78, 5) is 14.6. The van der Waals surface area contributed by atoms with E-state index in [1.807, 2.05) is 18.2 Å². The van der Waals surface area contributed by atoms with Crippen LogP contribution in [-0.2, 0) is 0 Å². The van der Waals surface area contributed by atoms with Gasteiger partial charge >= 0.3 is 6.36 Å². The maximum atomic E-state index is 12.8. The molecule has 0 bridgehead atoms. The first-order valence-electron chi connectivity index (χ1n) is 8.62. The highest BCUT2D eigenvalue weighted by Gasteiger charge is 2.31. The van der Waals surface area contributed by atoms with E-state index in [0.29, 0.717) is 13.1 Å². The number of nitrogens with zero attached hydrogens (tertiary/aromatic N) is 1. The molecule has 0 saturated carbocycles. The van der Waals surface area contributed by atoms with Crippen LogP contribution in [0.4, 0.5) is 13.2 Å². The predicted molar refractivity (Wildman–Crippen MR) is 92.1 cm³/mol. The zero-order valence-corrected chi connectivity index (χ0v) is 14.2. The maximum absolute atomic E-state index is 12.8. The highest BCUT2D eigenvalue weighted by atomic mass is 19.4. The molecule has 0 radical (unpaired) electrons. The number of halogens is 3. The topological polar surface area (TPSA) is 29.5 Å². The summed E-state index contributed by atoms with van der Waals surface area (Å²) in [5.41, 5.74) is 1.39. The normalized spacial score (nSPS) is 18.3. The molecule has 26 heavy (non-hydrogen) atoms. The van der Waals surface area contributed by atoms with Crippen LogP contribution in [0.5, 0.6) is 5.75 Å². The van der Waals surface area contributed by atoms with Gasteiger partial charge in [-0.3, -0.25) is 4.79 Å². The molecule has 138 valence electrons. The van der Waals surface area contributed by atoms with Crippen molar-refractivity contribution in [3.8, 4) is 5.75 Å². The van der Waals surface area contributed by atoms with Crippen molar-refractivity contribution in [1.82, 2.24) is 4.90 Å². The molecule has 6 heteroatoms. The molecule has 2 aromatic carbocycles. The van der Waals surface area contributed by atoms with Gasteiger partial charge in [0, 0.05) is 24.6 Å². The Balaban J connectivity index is 1.77. The highest BCUT2D eigenvalue weighted by molar-refractivity contribution is 5.94. The standard InChI is InChI=1S/C20H20F3NO2/c21-20(22,23)26-18-11-6-10-16(13-18)19(25)24-12-5-4-9-17(14-24)15-7-2-1-3-8-15/h1-3,6-8,10-11,13,17H,4-5,9,12,14H2. The lowest BCUT2D eigenvalue weighted by atomic mass is 9.94. The van der Waals surface area contributed by atoms with Crippen LogP contribution in [0, 0.1) is 0 Å². The number of ether oxygens (including phenoxy) is 1. The summed E-state index contributed by atoms with van der Waals surface area (Å²) in [6.45, 7) is 1.17. The van der Waals surface area contributed by atoms with E-state index in [4.69, 9.17) is 0 Å². The third kappa shape index (κ3) is 4.77. The molecular weight excluding hydrogens is 343 g/mol. The van der Waals surface area contributed by atoms with Crippen molar-refractivity contribution >= 4 is 5.91 Å². The van der Waals surface area contributed by atoms with Crippen molar-refractivity contribution in [2.45, 2.75) is 31.5 Å². The quantitative estimate of drug-likeness (QED) is 0.768. The van der Waals surface area contributed by atoms with Crippen LogP contribution >= 0.6 is 0 Å². The molecule has 1 amide bonds. The SMILES string of the molecule is O=C(c1cccc(OC(F)(F)F)c1)N1CCCCC(c2ccccc2)C1. The summed E-state index contributed by atoms with van der Waals surface area (Å²) in [7, 11) is 0. The molecule has 2 aromatic rings. The Hall–Kier alpha value is -2.50. The molecule has 1 aliphatic heterocycles. The fourth-order valence-corrected chi connectivity index (χ4v) is 3.33. The molecule has 1 unspecified atom stereocenters. The van der Waals surface area contributed by atoms with Gasteiger partial charge in [0.2, 0.25) is 0 Å². The van der Waals surface area contributed by atoms with Gasteiger partial charge in [-0.05, 0) is 36.6 Å². The predicted octanol–water partition coefficient (Wildman–Crippen LogP) is 5.00. The van der Waals surface area contributed by atoms with Crippen molar-refractivity contribution in [2.24, 2.45) is 0 Å². The first kappa shape index (κ1) is 18.3. The Morgan fingerprint density at radius 3 is 2.54 bits per heavy atom. The molecule has 1 fully saturated rings. The van der Waals surface area contributed by atoms with Crippen LogP contribution < -0.4 is 4.74 Å². The number of hydrogen-bond acceptors (Lipinski definition) is 2. The van der Waals surface area contributed by atoms with Crippen LogP contribution in [0.15, 0.2) is 54.6 Å². The maximum Gasteiger partial charge on any atom is 0.573 e. The number of benzene rings is 2.